The number of carbonyl (C=O) groups is 1. The van der Waals surface area contributed by atoms with Crippen LogP contribution in [0.5, 0.6) is 5.75 Å². The third-order valence-electron chi connectivity index (χ3n) is 3.04. The van der Waals surface area contributed by atoms with Crippen molar-refractivity contribution in [1.82, 2.24) is 25.5 Å². The van der Waals surface area contributed by atoms with Crippen LogP contribution in [0, 0.1) is 12.8 Å². The predicted octanol–water partition coefficient (Wildman–Crippen LogP) is 1.84. The van der Waals surface area contributed by atoms with E-state index in [1.54, 1.807) is 11.8 Å². The molecule has 0 aliphatic rings. The smallest absolute Gasteiger partial charge is 0.230 e. The molecule has 0 fully saturated rings. The van der Waals surface area contributed by atoms with E-state index in [2.05, 4.69) is 34.7 Å². The lowest BCUT2D eigenvalue weighted by atomic mass is 10.2. The number of ether oxygens (including phenoxy) is 1. The largest absolute Gasteiger partial charge is 0.494 e. The molecular formula is C15H21N5O2S. The molecule has 2 rings (SSSR count). The molecule has 0 aliphatic heterocycles. The normalized spacial score (nSPS) is 10.8. The third-order valence-corrected chi connectivity index (χ3v) is 3.96. The van der Waals surface area contributed by atoms with Crippen LogP contribution in [0.1, 0.15) is 19.4 Å². The fourth-order valence-corrected chi connectivity index (χ4v) is 2.60. The second-order valence-corrected chi connectivity index (χ2v) is 6.48. The Morgan fingerprint density at radius 2 is 2.22 bits per heavy atom. The summed E-state index contributed by atoms with van der Waals surface area (Å²) in [6.45, 7) is 6.76. The number of amides is 1. The summed E-state index contributed by atoms with van der Waals surface area (Å²) in [5.74, 6) is 1.33. The Bertz CT molecular complexity index is 672. The Morgan fingerprint density at radius 1 is 1.43 bits per heavy atom. The van der Waals surface area contributed by atoms with Gasteiger partial charge in [-0.3, -0.25) is 4.79 Å². The summed E-state index contributed by atoms with van der Waals surface area (Å²) in [7, 11) is 1.60. The molecule has 8 heteroatoms. The van der Waals surface area contributed by atoms with Gasteiger partial charge < -0.3 is 10.1 Å². The van der Waals surface area contributed by atoms with E-state index in [0.717, 1.165) is 11.3 Å². The summed E-state index contributed by atoms with van der Waals surface area (Å²) in [5, 5.41) is 15.1. The minimum absolute atomic E-state index is 0.0329. The van der Waals surface area contributed by atoms with Gasteiger partial charge in [-0.15, -0.1) is 5.10 Å². The Balaban J connectivity index is 2.11. The maximum atomic E-state index is 11.8. The van der Waals surface area contributed by atoms with Crippen molar-refractivity contribution in [3.05, 3.63) is 23.8 Å². The van der Waals surface area contributed by atoms with E-state index in [1.807, 2.05) is 25.1 Å². The summed E-state index contributed by atoms with van der Waals surface area (Å²) in [6.07, 6.45) is 0. The molecule has 1 N–H and O–H groups in total. The standard InChI is InChI=1S/C15H21N5O2S/c1-10(2)8-16-14(21)9-23-15-17-18-19-20(15)12-7-11(3)5-6-13(12)22-4/h5-7,10H,8-9H2,1-4H3,(H,16,21). The van der Waals surface area contributed by atoms with Gasteiger partial charge in [0.05, 0.1) is 12.9 Å². The number of tetrazole rings is 1. The second-order valence-electron chi connectivity index (χ2n) is 5.54. The maximum absolute atomic E-state index is 11.8. The van der Waals surface area contributed by atoms with Crippen LogP contribution in [-0.2, 0) is 4.79 Å². The van der Waals surface area contributed by atoms with Gasteiger partial charge in [-0.05, 0) is 41.0 Å². The molecule has 0 radical (unpaired) electrons. The van der Waals surface area contributed by atoms with Crippen LogP contribution in [0.3, 0.4) is 0 Å². The van der Waals surface area contributed by atoms with Gasteiger partial charge in [0.15, 0.2) is 0 Å². The first kappa shape index (κ1) is 17.3. The monoisotopic (exact) mass is 335 g/mol. The maximum Gasteiger partial charge on any atom is 0.230 e. The van der Waals surface area contributed by atoms with Crippen molar-refractivity contribution in [3.63, 3.8) is 0 Å². The summed E-state index contributed by atoms with van der Waals surface area (Å²) >= 11 is 1.29. The van der Waals surface area contributed by atoms with Gasteiger partial charge in [-0.2, -0.15) is 4.68 Å². The molecule has 0 aliphatic carbocycles. The topological polar surface area (TPSA) is 81.9 Å². The van der Waals surface area contributed by atoms with Gasteiger partial charge >= 0.3 is 0 Å². The third kappa shape index (κ3) is 4.69. The van der Waals surface area contributed by atoms with Gasteiger partial charge in [0, 0.05) is 6.54 Å². The predicted molar refractivity (Wildman–Crippen MR) is 89.0 cm³/mol. The van der Waals surface area contributed by atoms with Crippen LogP contribution in [0.2, 0.25) is 0 Å². The molecule has 0 bridgehead atoms. The second kappa shape index (κ2) is 7.96. The molecule has 124 valence electrons. The van der Waals surface area contributed by atoms with E-state index in [-0.39, 0.29) is 11.7 Å². The summed E-state index contributed by atoms with van der Waals surface area (Å²) in [4.78, 5) is 11.8. The number of benzene rings is 1. The van der Waals surface area contributed by atoms with Crippen molar-refractivity contribution in [2.75, 3.05) is 19.4 Å². The van der Waals surface area contributed by atoms with E-state index in [4.69, 9.17) is 4.74 Å². The first-order valence-corrected chi connectivity index (χ1v) is 8.32. The van der Waals surface area contributed by atoms with Crippen molar-refractivity contribution in [2.45, 2.75) is 25.9 Å². The number of rotatable bonds is 7. The number of carbonyl (C=O) groups excluding carboxylic acids is 1. The molecule has 7 nitrogen and oxygen atoms in total. The minimum atomic E-state index is -0.0329. The van der Waals surface area contributed by atoms with E-state index in [0.29, 0.717) is 23.4 Å². The van der Waals surface area contributed by atoms with Gasteiger partial charge in [0.2, 0.25) is 11.1 Å². The Hall–Kier alpha value is -2.09. The van der Waals surface area contributed by atoms with Crippen LogP contribution in [0.4, 0.5) is 0 Å². The average Bonchev–Trinajstić information content (AvgIpc) is 2.99. The van der Waals surface area contributed by atoms with E-state index in [9.17, 15) is 4.79 Å². The number of nitrogens with one attached hydrogen (secondary N) is 1. The SMILES string of the molecule is COc1ccc(C)cc1-n1nnnc1SCC(=O)NCC(C)C. The molecule has 23 heavy (non-hydrogen) atoms. The number of methoxy groups -OCH3 is 1. The molecule has 0 saturated carbocycles. The lowest BCUT2D eigenvalue weighted by Gasteiger charge is -2.10. The van der Waals surface area contributed by atoms with Crippen molar-refractivity contribution >= 4 is 17.7 Å². The number of thioether (sulfide) groups is 1. The fourth-order valence-electron chi connectivity index (χ4n) is 1.88. The molecule has 1 heterocycles. The molecule has 0 saturated heterocycles. The summed E-state index contributed by atoms with van der Waals surface area (Å²) < 4.78 is 6.95. The first-order valence-electron chi connectivity index (χ1n) is 7.34. The van der Waals surface area contributed by atoms with Gasteiger partial charge in [0.25, 0.3) is 0 Å². The van der Waals surface area contributed by atoms with Crippen molar-refractivity contribution in [3.8, 4) is 11.4 Å². The number of hydrogen-bond donors (Lipinski definition) is 1. The Kier molecular flexibility index (Phi) is 5.97. The van der Waals surface area contributed by atoms with Gasteiger partial charge in [0.1, 0.15) is 11.4 Å². The number of aryl methyl sites for hydroxylation is 1. The Morgan fingerprint density at radius 3 is 2.91 bits per heavy atom. The summed E-state index contributed by atoms with van der Waals surface area (Å²) in [6, 6.07) is 5.77. The lowest BCUT2D eigenvalue weighted by molar-refractivity contribution is -0.118. The van der Waals surface area contributed by atoms with E-state index < -0.39 is 0 Å². The molecule has 0 spiro atoms. The highest BCUT2D eigenvalue weighted by atomic mass is 32.2. The molecule has 1 aromatic heterocycles. The highest BCUT2D eigenvalue weighted by molar-refractivity contribution is 7.99. The lowest BCUT2D eigenvalue weighted by Crippen LogP contribution is -2.28. The van der Waals surface area contributed by atoms with Crippen molar-refractivity contribution in [2.24, 2.45) is 5.92 Å². The van der Waals surface area contributed by atoms with E-state index in [1.165, 1.54) is 11.8 Å². The zero-order valence-corrected chi connectivity index (χ0v) is 14.6. The highest BCUT2D eigenvalue weighted by Crippen LogP contribution is 2.26. The van der Waals surface area contributed by atoms with Crippen LogP contribution in [0.15, 0.2) is 23.4 Å². The van der Waals surface area contributed by atoms with Crippen LogP contribution in [-0.4, -0.2) is 45.5 Å². The quantitative estimate of drug-likeness (QED) is 0.778. The number of hydrogen-bond acceptors (Lipinski definition) is 6. The minimum Gasteiger partial charge on any atom is -0.494 e. The van der Waals surface area contributed by atoms with Crippen LogP contribution >= 0.6 is 11.8 Å². The molecular weight excluding hydrogens is 314 g/mol. The highest BCUT2D eigenvalue weighted by Gasteiger charge is 2.15. The first-order chi connectivity index (χ1) is 11.0. The molecule has 1 aromatic carbocycles. The molecule has 0 unspecified atom stereocenters. The number of aromatic nitrogens is 4. The molecule has 1 amide bonds. The van der Waals surface area contributed by atoms with E-state index >= 15 is 0 Å². The zero-order chi connectivity index (χ0) is 16.8. The molecule has 0 atom stereocenters. The number of nitrogens with zero attached hydrogens (tertiary/aromatic N) is 4. The fraction of sp³-hybridized carbons (Fsp3) is 0.467. The van der Waals surface area contributed by atoms with Gasteiger partial charge in [-0.25, -0.2) is 0 Å². The molecule has 2 aromatic rings. The zero-order valence-electron chi connectivity index (χ0n) is 13.7. The van der Waals surface area contributed by atoms with Crippen LogP contribution in [0.25, 0.3) is 5.69 Å². The Labute approximate surface area is 139 Å². The van der Waals surface area contributed by atoms with Crippen molar-refractivity contribution in [1.29, 1.82) is 0 Å². The van der Waals surface area contributed by atoms with Crippen LogP contribution < -0.4 is 10.1 Å². The van der Waals surface area contributed by atoms with Crippen molar-refractivity contribution < 1.29 is 9.53 Å². The van der Waals surface area contributed by atoms with Gasteiger partial charge in [-0.1, -0.05) is 31.7 Å². The summed E-state index contributed by atoms with van der Waals surface area (Å²) in [5.41, 5.74) is 1.82. The average molecular weight is 335 g/mol.